The molecule has 2 aromatic rings. The molecule has 0 radical (unpaired) electrons. The minimum Gasteiger partial charge on any atom is -0.465 e. The van der Waals surface area contributed by atoms with Crippen LogP contribution in [0.1, 0.15) is 50.5 Å². The third kappa shape index (κ3) is 6.94. The molecule has 0 N–H and O–H groups in total. The molecule has 0 aromatic heterocycles. The van der Waals surface area contributed by atoms with Crippen LogP contribution in [0.15, 0.2) is 42.5 Å². The molecule has 3 rings (SSSR count). The smallest absolute Gasteiger partial charge is 0.337 e. The van der Waals surface area contributed by atoms with Crippen molar-refractivity contribution in [1.29, 1.82) is 0 Å². The van der Waals surface area contributed by atoms with E-state index in [9.17, 15) is 19.2 Å². The third-order valence-corrected chi connectivity index (χ3v) is 6.53. The van der Waals surface area contributed by atoms with Crippen molar-refractivity contribution in [3.05, 3.63) is 53.6 Å². The SMILES string of the molecule is COC(=O)c1cccc(-c2ccc(O[C@H]3O[C@H](COC(C)=O)[C@@H](C)[C@H](OC(C)=O)[C@]3(C)OC(C)=O)c(C)c2)c1. The van der Waals surface area contributed by atoms with Crippen LogP contribution in [0.5, 0.6) is 5.75 Å². The Bertz CT molecular complexity index is 1240. The van der Waals surface area contributed by atoms with Crippen molar-refractivity contribution in [2.75, 3.05) is 13.7 Å². The van der Waals surface area contributed by atoms with Crippen LogP contribution in [-0.2, 0) is 38.1 Å². The molecule has 10 nitrogen and oxygen atoms in total. The van der Waals surface area contributed by atoms with Gasteiger partial charge in [-0.25, -0.2) is 4.79 Å². The van der Waals surface area contributed by atoms with Gasteiger partial charge in [0, 0.05) is 26.7 Å². The summed E-state index contributed by atoms with van der Waals surface area (Å²) in [6, 6.07) is 12.5. The number of rotatable bonds is 8. The maximum absolute atomic E-state index is 12.1. The van der Waals surface area contributed by atoms with Crippen molar-refractivity contribution < 1.29 is 47.6 Å². The Kier molecular flexibility index (Phi) is 9.34. The first kappa shape index (κ1) is 29.6. The Labute approximate surface area is 227 Å². The molecule has 39 heavy (non-hydrogen) atoms. The number of hydrogen-bond donors (Lipinski definition) is 0. The van der Waals surface area contributed by atoms with E-state index in [1.807, 2.05) is 25.1 Å². The summed E-state index contributed by atoms with van der Waals surface area (Å²) in [6.45, 7) is 8.82. The van der Waals surface area contributed by atoms with Gasteiger partial charge < -0.3 is 28.4 Å². The highest BCUT2D eigenvalue weighted by Gasteiger charge is 2.58. The second kappa shape index (κ2) is 12.3. The number of esters is 4. The zero-order chi connectivity index (χ0) is 28.9. The summed E-state index contributed by atoms with van der Waals surface area (Å²) < 4.78 is 33.7. The van der Waals surface area contributed by atoms with Gasteiger partial charge in [0.15, 0.2) is 6.10 Å². The quantitative estimate of drug-likeness (QED) is 0.357. The number of aryl methyl sites for hydroxylation is 1. The molecule has 210 valence electrons. The third-order valence-electron chi connectivity index (χ3n) is 6.53. The van der Waals surface area contributed by atoms with E-state index in [1.165, 1.54) is 27.9 Å². The lowest BCUT2D eigenvalue weighted by atomic mass is 9.82. The van der Waals surface area contributed by atoms with Crippen molar-refractivity contribution in [3.63, 3.8) is 0 Å². The highest BCUT2D eigenvalue weighted by molar-refractivity contribution is 5.91. The van der Waals surface area contributed by atoms with Crippen molar-refractivity contribution in [3.8, 4) is 16.9 Å². The minimum absolute atomic E-state index is 0.112. The van der Waals surface area contributed by atoms with Gasteiger partial charge in [0.1, 0.15) is 18.5 Å². The van der Waals surface area contributed by atoms with Gasteiger partial charge in [-0.2, -0.15) is 0 Å². The molecule has 0 unspecified atom stereocenters. The van der Waals surface area contributed by atoms with Gasteiger partial charge in [0.2, 0.25) is 11.9 Å². The zero-order valence-corrected chi connectivity index (χ0v) is 23.1. The Morgan fingerprint density at radius 3 is 2.23 bits per heavy atom. The summed E-state index contributed by atoms with van der Waals surface area (Å²) in [5.74, 6) is -2.21. The largest absolute Gasteiger partial charge is 0.465 e. The van der Waals surface area contributed by atoms with Gasteiger partial charge >= 0.3 is 23.9 Å². The average molecular weight is 543 g/mol. The van der Waals surface area contributed by atoms with E-state index in [4.69, 9.17) is 28.4 Å². The summed E-state index contributed by atoms with van der Waals surface area (Å²) in [5, 5.41) is 0. The van der Waals surface area contributed by atoms with Gasteiger partial charge in [0.25, 0.3) is 0 Å². The number of ether oxygens (including phenoxy) is 6. The lowest BCUT2D eigenvalue weighted by Gasteiger charge is -2.49. The fraction of sp³-hybridized carbons (Fsp3) is 0.448. The predicted molar refractivity (Wildman–Crippen MR) is 139 cm³/mol. The maximum atomic E-state index is 12.1. The van der Waals surface area contributed by atoms with E-state index >= 15 is 0 Å². The fourth-order valence-corrected chi connectivity index (χ4v) is 4.64. The van der Waals surface area contributed by atoms with Crippen LogP contribution in [0, 0.1) is 12.8 Å². The van der Waals surface area contributed by atoms with Crippen LogP contribution in [0.3, 0.4) is 0 Å². The van der Waals surface area contributed by atoms with Crippen LogP contribution in [0.2, 0.25) is 0 Å². The molecule has 10 heteroatoms. The van der Waals surface area contributed by atoms with E-state index in [2.05, 4.69) is 0 Å². The molecule has 2 aromatic carbocycles. The zero-order valence-electron chi connectivity index (χ0n) is 23.1. The molecular formula is C29H34O10. The van der Waals surface area contributed by atoms with Crippen molar-refractivity contribution in [2.24, 2.45) is 5.92 Å². The summed E-state index contributed by atoms with van der Waals surface area (Å²) in [6.07, 6.45) is -2.89. The monoisotopic (exact) mass is 542 g/mol. The first-order valence-corrected chi connectivity index (χ1v) is 12.5. The molecule has 5 atom stereocenters. The molecule has 1 heterocycles. The summed E-state index contributed by atoms with van der Waals surface area (Å²) in [4.78, 5) is 47.6. The second-order valence-electron chi connectivity index (χ2n) is 9.65. The van der Waals surface area contributed by atoms with Crippen molar-refractivity contribution in [2.45, 2.75) is 65.6 Å². The molecule has 0 spiro atoms. The Balaban J connectivity index is 1.97. The minimum atomic E-state index is -1.52. The van der Waals surface area contributed by atoms with E-state index in [1.54, 1.807) is 38.1 Å². The van der Waals surface area contributed by atoms with Crippen LogP contribution >= 0.6 is 0 Å². The Morgan fingerprint density at radius 2 is 1.64 bits per heavy atom. The first-order valence-electron chi connectivity index (χ1n) is 12.5. The van der Waals surface area contributed by atoms with Gasteiger partial charge in [-0.1, -0.05) is 25.1 Å². The predicted octanol–water partition coefficient (Wildman–Crippen LogP) is 4.01. The van der Waals surface area contributed by atoms with Crippen molar-refractivity contribution >= 4 is 23.9 Å². The summed E-state index contributed by atoms with van der Waals surface area (Å²) in [7, 11) is 1.33. The topological polar surface area (TPSA) is 124 Å². The molecule has 1 aliphatic heterocycles. The number of carbonyl (C=O) groups excluding carboxylic acids is 4. The number of carbonyl (C=O) groups is 4. The molecule has 1 saturated heterocycles. The van der Waals surface area contributed by atoms with E-state index in [0.29, 0.717) is 11.3 Å². The van der Waals surface area contributed by atoms with E-state index < -0.39 is 53.9 Å². The van der Waals surface area contributed by atoms with Gasteiger partial charge in [0.05, 0.1) is 12.7 Å². The second-order valence-corrected chi connectivity index (χ2v) is 9.65. The lowest BCUT2D eigenvalue weighted by Crippen LogP contribution is -2.66. The molecule has 0 saturated carbocycles. The maximum Gasteiger partial charge on any atom is 0.337 e. The molecule has 1 fully saturated rings. The lowest BCUT2D eigenvalue weighted by molar-refractivity contribution is -0.308. The van der Waals surface area contributed by atoms with Crippen molar-refractivity contribution in [1.82, 2.24) is 0 Å². The Hall–Kier alpha value is -3.92. The normalized spacial score (nSPS) is 24.3. The van der Waals surface area contributed by atoms with Crippen LogP contribution in [0.25, 0.3) is 11.1 Å². The highest BCUT2D eigenvalue weighted by atomic mass is 16.7. The fourth-order valence-electron chi connectivity index (χ4n) is 4.64. The summed E-state index contributed by atoms with van der Waals surface area (Å²) >= 11 is 0. The average Bonchev–Trinajstić information content (AvgIpc) is 2.87. The van der Waals surface area contributed by atoms with Crippen LogP contribution in [0.4, 0.5) is 0 Å². The number of hydrogen-bond acceptors (Lipinski definition) is 10. The number of methoxy groups -OCH3 is 1. The van der Waals surface area contributed by atoms with E-state index in [0.717, 1.165) is 16.7 Å². The molecule has 1 aliphatic rings. The molecule has 0 amide bonds. The first-order chi connectivity index (χ1) is 18.3. The summed E-state index contributed by atoms with van der Waals surface area (Å²) in [5.41, 5.74) is 1.26. The molecule has 0 bridgehead atoms. The Morgan fingerprint density at radius 1 is 0.949 bits per heavy atom. The standard InChI is InChI=1S/C29H34O10/c1-16-13-22(21-9-8-10-23(14-21)27(33)34-7)11-12-24(16)37-28-29(6,39-20(5)32)26(36-19(4)31)17(2)25(38-28)15-35-18(3)30/h8-14,17,25-26,28H,15H2,1-7H3/t17-,25-,26+,28+,29+/m1/s1. The molecule has 0 aliphatic carbocycles. The van der Waals surface area contributed by atoms with Gasteiger partial charge in [-0.3, -0.25) is 14.4 Å². The molecular weight excluding hydrogens is 508 g/mol. The van der Waals surface area contributed by atoms with Crippen LogP contribution in [-0.4, -0.2) is 61.7 Å². The number of benzene rings is 2. The van der Waals surface area contributed by atoms with Gasteiger partial charge in [-0.15, -0.1) is 0 Å². The van der Waals surface area contributed by atoms with E-state index in [-0.39, 0.29) is 6.61 Å². The highest BCUT2D eigenvalue weighted by Crippen LogP contribution is 2.40. The van der Waals surface area contributed by atoms with Gasteiger partial charge in [-0.05, 0) is 54.8 Å². The van der Waals surface area contributed by atoms with Crippen LogP contribution < -0.4 is 4.74 Å².